The minimum absolute atomic E-state index is 0.100. The van der Waals surface area contributed by atoms with Crippen molar-refractivity contribution in [2.75, 3.05) is 0 Å². The predicted octanol–water partition coefficient (Wildman–Crippen LogP) is 5.08. The number of allylic oxidation sites excluding steroid dienone is 1. The Morgan fingerprint density at radius 1 is 1.00 bits per heavy atom. The summed E-state index contributed by atoms with van der Waals surface area (Å²) in [5.74, 6) is 1.89. The van der Waals surface area contributed by atoms with E-state index in [1.165, 1.54) is 19.3 Å². The second-order valence-electron chi connectivity index (χ2n) is 10.2. The largest absolute Gasteiger partial charge is 0.494 e. The maximum Gasteiger partial charge on any atom is 0.104 e. The number of hydrogen-bond donors (Lipinski definition) is 0. The van der Waals surface area contributed by atoms with Gasteiger partial charge in [-0.3, -0.25) is 0 Å². The Morgan fingerprint density at radius 2 is 1.73 bits per heavy atom. The molecule has 0 aromatic heterocycles. The standard InChI is InChI=1S/C20H32O2/c1-13(18(4)7-8-20(6)16(12-18)22-20)21-15-11-17(2,3)9-14-10-19(14,15)5/h14-16H,1,7-12H2,2-6H3. The summed E-state index contributed by atoms with van der Waals surface area (Å²) in [6, 6.07) is 0. The zero-order chi connectivity index (χ0) is 16.0. The first-order valence-electron chi connectivity index (χ1n) is 9.10. The SMILES string of the molecule is C=C(OC1CC(C)(C)CC2CC21C)C1(C)CCC2(C)OC2C1. The minimum atomic E-state index is 0.100. The predicted molar refractivity (Wildman–Crippen MR) is 88.5 cm³/mol. The van der Waals surface area contributed by atoms with E-state index < -0.39 is 0 Å². The van der Waals surface area contributed by atoms with Crippen LogP contribution in [0.15, 0.2) is 12.3 Å². The van der Waals surface area contributed by atoms with Gasteiger partial charge in [0, 0.05) is 10.8 Å². The highest BCUT2D eigenvalue weighted by Crippen LogP contribution is 2.66. The van der Waals surface area contributed by atoms with Gasteiger partial charge < -0.3 is 9.47 Å². The summed E-state index contributed by atoms with van der Waals surface area (Å²) in [5, 5.41) is 0. The maximum absolute atomic E-state index is 6.58. The molecule has 3 saturated carbocycles. The Kier molecular flexibility index (Phi) is 2.82. The van der Waals surface area contributed by atoms with Crippen molar-refractivity contribution in [1.82, 2.24) is 0 Å². The van der Waals surface area contributed by atoms with Crippen LogP contribution in [0.4, 0.5) is 0 Å². The number of rotatable bonds is 3. The van der Waals surface area contributed by atoms with Gasteiger partial charge in [-0.05, 0) is 56.8 Å². The fourth-order valence-corrected chi connectivity index (χ4v) is 5.20. The number of hydrogen-bond acceptors (Lipinski definition) is 2. The van der Waals surface area contributed by atoms with E-state index >= 15 is 0 Å². The molecule has 1 aliphatic heterocycles. The molecule has 3 aliphatic carbocycles. The van der Waals surface area contributed by atoms with Crippen LogP contribution in [0.3, 0.4) is 0 Å². The van der Waals surface area contributed by atoms with Crippen molar-refractivity contribution in [2.45, 2.75) is 91.0 Å². The van der Waals surface area contributed by atoms with Gasteiger partial charge in [0.2, 0.25) is 0 Å². The molecule has 0 aromatic carbocycles. The molecule has 0 radical (unpaired) electrons. The van der Waals surface area contributed by atoms with E-state index in [0.717, 1.165) is 30.9 Å². The highest BCUT2D eigenvalue weighted by Gasteiger charge is 2.63. The van der Waals surface area contributed by atoms with Crippen LogP contribution >= 0.6 is 0 Å². The van der Waals surface area contributed by atoms with Gasteiger partial charge in [-0.15, -0.1) is 0 Å². The third-order valence-electron chi connectivity index (χ3n) is 7.53. The fraction of sp³-hybridized carbons (Fsp3) is 0.900. The Balaban J connectivity index is 1.45. The number of epoxide rings is 1. The van der Waals surface area contributed by atoms with Crippen LogP contribution in [0.25, 0.3) is 0 Å². The lowest BCUT2D eigenvalue weighted by molar-refractivity contribution is -0.0370. The average molecular weight is 304 g/mol. The number of fused-ring (bicyclic) bond motifs is 2. The van der Waals surface area contributed by atoms with E-state index in [2.05, 4.69) is 41.2 Å². The van der Waals surface area contributed by atoms with E-state index in [4.69, 9.17) is 9.47 Å². The summed E-state index contributed by atoms with van der Waals surface area (Å²) < 4.78 is 12.5. The summed E-state index contributed by atoms with van der Waals surface area (Å²) in [6.45, 7) is 16.2. The molecular weight excluding hydrogens is 272 g/mol. The van der Waals surface area contributed by atoms with Gasteiger partial charge in [0.15, 0.2) is 0 Å². The molecule has 22 heavy (non-hydrogen) atoms. The smallest absolute Gasteiger partial charge is 0.104 e. The zero-order valence-electron chi connectivity index (χ0n) is 15.0. The van der Waals surface area contributed by atoms with Crippen molar-refractivity contribution >= 4 is 0 Å². The van der Waals surface area contributed by atoms with Gasteiger partial charge in [0.1, 0.15) is 6.10 Å². The molecule has 0 spiro atoms. The van der Waals surface area contributed by atoms with Crippen molar-refractivity contribution in [2.24, 2.45) is 22.2 Å². The summed E-state index contributed by atoms with van der Waals surface area (Å²) >= 11 is 0. The number of ether oxygens (including phenoxy) is 2. The van der Waals surface area contributed by atoms with Gasteiger partial charge >= 0.3 is 0 Å². The normalized spacial score (nSPS) is 54.9. The highest BCUT2D eigenvalue weighted by molar-refractivity contribution is 5.17. The second-order valence-corrected chi connectivity index (χ2v) is 10.2. The van der Waals surface area contributed by atoms with E-state index in [1.54, 1.807) is 0 Å². The summed E-state index contributed by atoms with van der Waals surface area (Å²) in [6.07, 6.45) is 8.04. The topological polar surface area (TPSA) is 21.8 Å². The van der Waals surface area contributed by atoms with Crippen molar-refractivity contribution in [3.8, 4) is 0 Å². The van der Waals surface area contributed by atoms with Crippen LogP contribution in [-0.4, -0.2) is 17.8 Å². The highest BCUT2D eigenvalue weighted by atomic mass is 16.6. The third kappa shape index (κ3) is 2.17. The fourth-order valence-electron chi connectivity index (χ4n) is 5.20. The first kappa shape index (κ1) is 15.1. The molecule has 0 N–H and O–H groups in total. The lowest BCUT2D eigenvalue weighted by Crippen LogP contribution is -2.39. The van der Waals surface area contributed by atoms with Crippen molar-refractivity contribution in [1.29, 1.82) is 0 Å². The zero-order valence-corrected chi connectivity index (χ0v) is 15.0. The molecule has 1 heterocycles. The molecule has 2 nitrogen and oxygen atoms in total. The third-order valence-corrected chi connectivity index (χ3v) is 7.53. The lowest BCUT2D eigenvalue weighted by Gasteiger charge is -2.43. The van der Waals surface area contributed by atoms with Gasteiger partial charge in [0.05, 0.1) is 17.5 Å². The van der Waals surface area contributed by atoms with Crippen LogP contribution < -0.4 is 0 Å². The van der Waals surface area contributed by atoms with Crippen LogP contribution in [0.1, 0.15) is 73.1 Å². The Hall–Kier alpha value is -0.500. The molecule has 2 heteroatoms. The lowest BCUT2D eigenvalue weighted by atomic mass is 9.70. The summed E-state index contributed by atoms with van der Waals surface area (Å²) in [4.78, 5) is 0. The van der Waals surface area contributed by atoms with Crippen LogP contribution in [0.5, 0.6) is 0 Å². The molecule has 1 saturated heterocycles. The molecule has 0 amide bonds. The Morgan fingerprint density at radius 3 is 2.41 bits per heavy atom. The Labute approximate surface area is 135 Å². The molecule has 0 bridgehead atoms. The van der Waals surface area contributed by atoms with Crippen molar-refractivity contribution in [3.05, 3.63) is 12.3 Å². The van der Waals surface area contributed by atoms with Crippen molar-refractivity contribution < 1.29 is 9.47 Å². The second kappa shape index (κ2) is 4.12. The van der Waals surface area contributed by atoms with E-state index in [1.807, 2.05) is 0 Å². The summed E-state index contributed by atoms with van der Waals surface area (Å²) in [7, 11) is 0. The van der Waals surface area contributed by atoms with Crippen LogP contribution in [-0.2, 0) is 9.47 Å². The molecule has 0 aromatic rings. The molecule has 4 rings (SSSR count). The van der Waals surface area contributed by atoms with Crippen molar-refractivity contribution in [3.63, 3.8) is 0 Å². The average Bonchev–Trinajstić information content (AvgIpc) is 3.24. The monoisotopic (exact) mass is 304 g/mol. The quantitative estimate of drug-likeness (QED) is 0.536. The van der Waals surface area contributed by atoms with E-state index in [9.17, 15) is 0 Å². The molecule has 6 atom stereocenters. The van der Waals surface area contributed by atoms with Gasteiger partial charge in [0.25, 0.3) is 0 Å². The van der Waals surface area contributed by atoms with E-state index in [0.29, 0.717) is 23.0 Å². The molecule has 4 aliphatic rings. The molecule has 6 unspecified atom stereocenters. The summed E-state index contributed by atoms with van der Waals surface area (Å²) in [5.41, 5.74) is 1.09. The van der Waals surface area contributed by atoms with Crippen LogP contribution in [0.2, 0.25) is 0 Å². The molecular formula is C20H32O2. The minimum Gasteiger partial charge on any atom is -0.494 e. The maximum atomic E-state index is 6.58. The molecule has 4 fully saturated rings. The van der Waals surface area contributed by atoms with Gasteiger partial charge in [-0.2, -0.15) is 0 Å². The first-order chi connectivity index (χ1) is 10.1. The first-order valence-corrected chi connectivity index (χ1v) is 9.10. The Bertz CT molecular complexity index is 524. The van der Waals surface area contributed by atoms with Gasteiger partial charge in [-0.25, -0.2) is 0 Å². The molecule has 124 valence electrons. The van der Waals surface area contributed by atoms with Crippen LogP contribution in [0, 0.1) is 22.2 Å². The van der Waals surface area contributed by atoms with E-state index in [-0.39, 0.29) is 11.0 Å². The van der Waals surface area contributed by atoms with Gasteiger partial charge in [-0.1, -0.05) is 34.3 Å².